The zero-order chi connectivity index (χ0) is 34.3. The molecule has 0 fully saturated rings. The molecule has 4 aromatic carbocycles. The van der Waals surface area contributed by atoms with E-state index in [1.165, 1.54) is 87.5 Å². The normalized spacial score (nSPS) is 11.6. The van der Waals surface area contributed by atoms with E-state index in [9.17, 15) is 0 Å². The van der Waals surface area contributed by atoms with Crippen LogP contribution >= 0.6 is 0 Å². The van der Waals surface area contributed by atoms with Gasteiger partial charge in [-0.1, -0.05) is 99.8 Å². The molecule has 4 heteroatoms. The van der Waals surface area contributed by atoms with Crippen molar-refractivity contribution in [2.45, 2.75) is 145 Å². The number of unbranched alkanes of at least 4 members (excludes halogenated alkanes) is 8. The van der Waals surface area contributed by atoms with Crippen molar-refractivity contribution in [2.24, 2.45) is 0 Å². The van der Waals surface area contributed by atoms with Crippen molar-refractivity contribution in [3.05, 3.63) is 47.0 Å². The fraction of sp³-hybridized carbons (Fsp3) is 0.591. The molecule has 0 unspecified atom stereocenters. The number of rotatable bonds is 23. The molecule has 0 aromatic heterocycles. The molecule has 0 heterocycles. The lowest BCUT2D eigenvalue weighted by atomic mass is 9.87. The fourth-order valence-electron chi connectivity index (χ4n) is 6.91. The summed E-state index contributed by atoms with van der Waals surface area (Å²) < 4.78 is 26.3. The molecular weight excluding hydrogens is 592 g/mol. The Morgan fingerprint density at radius 3 is 1.27 bits per heavy atom. The zero-order valence-electron chi connectivity index (χ0n) is 31.5. The molecule has 0 radical (unpaired) electrons. The molecule has 4 aromatic rings. The molecule has 0 saturated heterocycles. The minimum absolute atomic E-state index is 0.692. The molecule has 4 rings (SSSR count). The van der Waals surface area contributed by atoms with E-state index in [0.29, 0.717) is 13.2 Å². The highest BCUT2D eigenvalue weighted by Crippen LogP contribution is 2.47. The minimum Gasteiger partial charge on any atom is -0.493 e. The molecule has 264 valence electrons. The molecule has 0 amide bonds. The van der Waals surface area contributed by atoms with Crippen LogP contribution < -0.4 is 18.9 Å². The van der Waals surface area contributed by atoms with E-state index < -0.39 is 0 Å². The zero-order valence-corrected chi connectivity index (χ0v) is 31.5. The van der Waals surface area contributed by atoms with E-state index in [1.54, 1.807) is 0 Å². The molecule has 0 spiro atoms. The van der Waals surface area contributed by atoms with Crippen LogP contribution in [0.2, 0.25) is 0 Å². The van der Waals surface area contributed by atoms with Crippen molar-refractivity contribution in [3.63, 3.8) is 0 Å². The van der Waals surface area contributed by atoms with Crippen LogP contribution in [0.15, 0.2) is 30.3 Å². The van der Waals surface area contributed by atoms with Gasteiger partial charge in [0.25, 0.3) is 0 Å². The van der Waals surface area contributed by atoms with Crippen molar-refractivity contribution < 1.29 is 18.9 Å². The van der Waals surface area contributed by atoms with Crippen molar-refractivity contribution in [1.82, 2.24) is 0 Å². The summed E-state index contributed by atoms with van der Waals surface area (Å²) in [6, 6.07) is 11.7. The predicted octanol–water partition coefficient (Wildman–Crippen LogP) is 13.1. The first-order valence-electron chi connectivity index (χ1n) is 19.6. The largest absolute Gasteiger partial charge is 0.493 e. The van der Waals surface area contributed by atoms with E-state index in [4.69, 9.17) is 18.9 Å². The van der Waals surface area contributed by atoms with E-state index in [-0.39, 0.29) is 0 Å². The van der Waals surface area contributed by atoms with Gasteiger partial charge in [0.05, 0.1) is 26.4 Å². The molecule has 4 nitrogen and oxygen atoms in total. The highest BCUT2D eigenvalue weighted by Gasteiger charge is 2.22. The average Bonchev–Trinajstić information content (AvgIpc) is 3.11. The topological polar surface area (TPSA) is 36.9 Å². The number of hydrogen-bond acceptors (Lipinski definition) is 4. The molecular formula is C44H64O4. The molecule has 0 saturated carbocycles. The van der Waals surface area contributed by atoms with Crippen LogP contribution in [0, 0.1) is 0 Å². The van der Waals surface area contributed by atoms with E-state index in [2.05, 4.69) is 78.8 Å². The van der Waals surface area contributed by atoms with Crippen LogP contribution in [0.5, 0.6) is 23.0 Å². The van der Waals surface area contributed by atoms with Crippen LogP contribution in [-0.4, -0.2) is 26.4 Å². The predicted molar refractivity (Wildman–Crippen MR) is 207 cm³/mol. The standard InChI is InChI=1S/C44H64O4/c1-8-15-19-23-45-40-29-36-35(27-32(40)12-5)38-28-33(13-6)44(48-26-22-18-11-4)34(14-7)43(38)39-31-42(47-25-21-17-10-3)41(30-37(36)39)46-24-20-16-9-2/h27-31H,8-26H2,1-7H3. The molecule has 0 bridgehead atoms. The summed E-state index contributed by atoms with van der Waals surface area (Å²) in [6.45, 7) is 18.6. The Bertz CT molecular complexity index is 1590. The van der Waals surface area contributed by atoms with Gasteiger partial charge in [-0.05, 0) is 119 Å². The summed E-state index contributed by atoms with van der Waals surface area (Å²) in [5, 5.41) is 7.50. The van der Waals surface area contributed by atoms with Gasteiger partial charge in [0.15, 0.2) is 11.5 Å². The summed E-state index contributed by atoms with van der Waals surface area (Å²) in [7, 11) is 0. The van der Waals surface area contributed by atoms with Crippen LogP contribution in [0.4, 0.5) is 0 Å². The quantitative estimate of drug-likeness (QED) is 0.0588. The molecule has 0 atom stereocenters. The molecule has 0 N–H and O–H groups in total. The second-order valence-electron chi connectivity index (χ2n) is 13.4. The summed E-state index contributed by atoms with van der Waals surface area (Å²) in [5.74, 6) is 3.79. The summed E-state index contributed by atoms with van der Waals surface area (Å²) in [5.41, 5.74) is 3.86. The monoisotopic (exact) mass is 656 g/mol. The number of ether oxygens (including phenoxy) is 4. The van der Waals surface area contributed by atoms with Crippen molar-refractivity contribution in [1.29, 1.82) is 0 Å². The van der Waals surface area contributed by atoms with E-state index in [0.717, 1.165) is 94.0 Å². The Morgan fingerprint density at radius 1 is 0.375 bits per heavy atom. The Morgan fingerprint density at radius 2 is 0.771 bits per heavy atom. The number of hydrogen-bond donors (Lipinski definition) is 0. The molecule has 0 aliphatic carbocycles. The van der Waals surface area contributed by atoms with Crippen LogP contribution in [0.1, 0.15) is 142 Å². The maximum atomic E-state index is 6.70. The lowest BCUT2D eigenvalue weighted by Crippen LogP contribution is -2.06. The van der Waals surface area contributed by atoms with Gasteiger partial charge < -0.3 is 18.9 Å². The van der Waals surface area contributed by atoms with Crippen LogP contribution in [-0.2, 0) is 19.3 Å². The van der Waals surface area contributed by atoms with Gasteiger partial charge in [-0.3, -0.25) is 0 Å². The first kappa shape index (κ1) is 37.7. The maximum Gasteiger partial charge on any atom is 0.161 e. The van der Waals surface area contributed by atoms with Gasteiger partial charge in [0, 0.05) is 5.56 Å². The number of fused-ring (bicyclic) bond motifs is 6. The Balaban J connectivity index is 2.05. The third kappa shape index (κ3) is 9.10. The summed E-state index contributed by atoms with van der Waals surface area (Å²) in [6.07, 6.45) is 16.4. The first-order chi connectivity index (χ1) is 23.6. The number of aryl methyl sites for hydroxylation is 3. The fourth-order valence-corrected chi connectivity index (χ4v) is 6.91. The van der Waals surface area contributed by atoms with Gasteiger partial charge in [0.2, 0.25) is 0 Å². The van der Waals surface area contributed by atoms with Crippen molar-refractivity contribution in [3.8, 4) is 23.0 Å². The molecule has 0 aliphatic heterocycles. The molecule has 48 heavy (non-hydrogen) atoms. The van der Waals surface area contributed by atoms with Crippen LogP contribution in [0.25, 0.3) is 32.3 Å². The maximum absolute atomic E-state index is 6.70. The Labute approximate surface area is 291 Å². The third-order valence-electron chi connectivity index (χ3n) is 9.72. The van der Waals surface area contributed by atoms with Crippen molar-refractivity contribution in [2.75, 3.05) is 26.4 Å². The van der Waals surface area contributed by atoms with Crippen molar-refractivity contribution >= 4 is 32.3 Å². The van der Waals surface area contributed by atoms with E-state index in [1.807, 2.05) is 0 Å². The van der Waals surface area contributed by atoms with Gasteiger partial charge in [-0.25, -0.2) is 0 Å². The van der Waals surface area contributed by atoms with Gasteiger partial charge in [-0.15, -0.1) is 0 Å². The highest BCUT2D eigenvalue weighted by atomic mass is 16.5. The smallest absolute Gasteiger partial charge is 0.161 e. The van der Waals surface area contributed by atoms with Gasteiger partial charge in [0.1, 0.15) is 11.5 Å². The van der Waals surface area contributed by atoms with Gasteiger partial charge >= 0.3 is 0 Å². The van der Waals surface area contributed by atoms with E-state index >= 15 is 0 Å². The lowest BCUT2D eigenvalue weighted by Gasteiger charge is -2.23. The summed E-state index contributed by atoms with van der Waals surface area (Å²) >= 11 is 0. The van der Waals surface area contributed by atoms with Gasteiger partial charge in [-0.2, -0.15) is 0 Å². The first-order valence-corrected chi connectivity index (χ1v) is 19.6. The highest BCUT2D eigenvalue weighted by molar-refractivity contribution is 6.27. The lowest BCUT2D eigenvalue weighted by molar-refractivity contribution is 0.260. The summed E-state index contributed by atoms with van der Waals surface area (Å²) in [4.78, 5) is 0. The Hall–Kier alpha value is -3.14. The number of benzene rings is 4. The second kappa shape index (κ2) is 19.8. The van der Waals surface area contributed by atoms with Crippen LogP contribution in [0.3, 0.4) is 0 Å². The minimum atomic E-state index is 0.692. The second-order valence-corrected chi connectivity index (χ2v) is 13.4. The molecule has 0 aliphatic rings. The Kier molecular flexibility index (Phi) is 15.5. The third-order valence-corrected chi connectivity index (χ3v) is 9.72. The average molecular weight is 657 g/mol. The SMILES string of the molecule is CCCCCOc1cc2c(cc1CC)c1cc(CC)c(OCCCCC)c(CC)c1c1cc(OCCCCC)c(OCCCCC)cc21.